The van der Waals surface area contributed by atoms with Crippen molar-refractivity contribution in [2.75, 3.05) is 12.4 Å². The first kappa shape index (κ1) is 9.85. The normalized spacial score (nSPS) is 9.93. The predicted molar refractivity (Wildman–Crippen MR) is 57.7 cm³/mol. The van der Waals surface area contributed by atoms with Gasteiger partial charge in [-0.1, -0.05) is 0 Å². The number of nitrogens with zero attached hydrogens (tertiary/aromatic N) is 4. The second-order valence-electron chi connectivity index (χ2n) is 2.64. The van der Waals surface area contributed by atoms with Gasteiger partial charge in [-0.3, -0.25) is 4.98 Å². The Bertz CT molecular complexity index is 434. The van der Waals surface area contributed by atoms with E-state index < -0.39 is 0 Å². The SMILES string of the molecule is CNc1cc(Sc2cnccn2)ncn1. The number of rotatable bonds is 3. The number of nitrogens with one attached hydrogen (secondary N) is 1. The Morgan fingerprint density at radius 1 is 1.13 bits per heavy atom. The van der Waals surface area contributed by atoms with E-state index in [-0.39, 0.29) is 0 Å². The van der Waals surface area contributed by atoms with Crippen molar-refractivity contribution in [3.63, 3.8) is 0 Å². The molecule has 0 saturated carbocycles. The summed E-state index contributed by atoms with van der Waals surface area (Å²) < 4.78 is 0. The van der Waals surface area contributed by atoms with Crippen molar-refractivity contribution in [1.82, 2.24) is 19.9 Å². The van der Waals surface area contributed by atoms with Gasteiger partial charge in [-0.25, -0.2) is 15.0 Å². The molecular formula is C9H9N5S. The Kier molecular flexibility index (Phi) is 3.08. The van der Waals surface area contributed by atoms with Crippen LogP contribution in [0.4, 0.5) is 5.82 Å². The molecule has 5 nitrogen and oxygen atoms in total. The van der Waals surface area contributed by atoms with Gasteiger partial charge in [-0.05, 0) is 11.8 Å². The van der Waals surface area contributed by atoms with Crippen LogP contribution in [0.25, 0.3) is 0 Å². The van der Waals surface area contributed by atoms with Gasteiger partial charge in [0.2, 0.25) is 0 Å². The largest absolute Gasteiger partial charge is 0.373 e. The van der Waals surface area contributed by atoms with Gasteiger partial charge in [0.1, 0.15) is 22.2 Å². The Morgan fingerprint density at radius 3 is 2.80 bits per heavy atom. The summed E-state index contributed by atoms with van der Waals surface area (Å²) in [5.41, 5.74) is 0. The summed E-state index contributed by atoms with van der Waals surface area (Å²) in [6.07, 6.45) is 6.52. The zero-order valence-electron chi connectivity index (χ0n) is 8.08. The van der Waals surface area contributed by atoms with Crippen molar-refractivity contribution in [2.24, 2.45) is 0 Å². The van der Waals surface area contributed by atoms with E-state index in [0.29, 0.717) is 0 Å². The van der Waals surface area contributed by atoms with Crippen LogP contribution in [0.2, 0.25) is 0 Å². The maximum Gasteiger partial charge on any atom is 0.130 e. The van der Waals surface area contributed by atoms with Gasteiger partial charge in [-0.15, -0.1) is 0 Å². The van der Waals surface area contributed by atoms with Gasteiger partial charge in [-0.2, -0.15) is 0 Å². The smallest absolute Gasteiger partial charge is 0.130 e. The Morgan fingerprint density at radius 2 is 2.07 bits per heavy atom. The minimum absolute atomic E-state index is 0.788. The summed E-state index contributed by atoms with van der Waals surface area (Å²) in [6.45, 7) is 0. The molecule has 0 aliphatic carbocycles. The van der Waals surface area contributed by atoms with Crippen LogP contribution in [0, 0.1) is 0 Å². The summed E-state index contributed by atoms with van der Waals surface area (Å²) in [5.74, 6) is 0.788. The first-order valence-corrected chi connectivity index (χ1v) is 5.14. The van der Waals surface area contributed by atoms with Crippen molar-refractivity contribution in [2.45, 2.75) is 10.1 Å². The van der Waals surface area contributed by atoms with Crippen LogP contribution in [-0.2, 0) is 0 Å². The summed E-state index contributed by atoms with van der Waals surface area (Å²) in [5, 5.41) is 4.61. The Hall–Kier alpha value is -1.69. The first-order valence-electron chi connectivity index (χ1n) is 4.32. The van der Waals surface area contributed by atoms with Crippen molar-refractivity contribution in [1.29, 1.82) is 0 Å². The average molecular weight is 219 g/mol. The summed E-state index contributed by atoms with van der Waals surface area (Å²) >= 11 is 1.45. The second kappa shape index (κ2) is 4.70. The Balaban J connectivity index is 2.17. The highest BCUT2D eigenvalue weighted by atomic mass is 32.2. The average Bonchev–Trinajstić information content (AvgIpc) is 2.31. The van der Waals surface area contributed by atoms with E-state index >= 15 is 0 Å². The summed E-state index contributed by atoms with van der Waals surface area (Å²) in [4.78, 5) is 16.3. The molecule has 1 N–H and O–H groups in total. The predicted octanol–water partition coefficient (Wildman–Crippen LogP) is 1.46. The molecule has 0 amide bonds. The summed E-state index contributed by atoms with van der Waals surface area (Å²) in [7, 11) is 1.82. The molecular weight excluding hydrogens is 210 g/mol. The van der Waals surface area contributed by atoms with E-state index in [1.165, 1.54) is 18.1 Å². The third kappa shape index (κ3) is 2.63. The summed E-state index contributed by atoms with van der Waals surface area (Å²) in [6, 6.07) is 1.86. The van der Waals surface area contributed by atoms with Gasteiger partial charge < -0.3 is 5.32 Å². The number of anilines is 1. The first-order chi connectivity index (χ1) is 7.38. The van der Waals surface area contributed by atoms with Crippen LogP contribution in [0.1, 0.15) is 0 Å². The molecule has 0 spiro atoms. The number of hydrogen-bond donors (Lipinski definition) is 1. The van der Waals surface area contributed by atoms with Crippen LogP contribution in [-0.4, -0.2) is 27.0 Å². The highest BCUT2D eigenvalue weighted by molar-refractivity contribution is 7.99. The van der Waals surface area contributed by atoms with Crippen LogP contribution in [0.15, 0.2) is 41.0 Å². The van der Waals surface area contributed by atoms with Crippen molar-refractivity contribution >= 4 is 17.6 Å². The molecule has 2 aromatic heterocycles. The van der Waals surface area contributed by atoms with Gasteiger partial charge in [0, 0.05) is 25.5 Å². The molecule has 0 atom stereocenters. The monoisotopic (exact) mass is 219 g/mol. The molecule has 0 fully saturated rings. The fourth-order valence-corrected chi connectivity index (χ4v) is 1.69. The van der Waals surface area contributed by atoms with E-state index in [0.717, 1.165) is 15.9 Å². The number of aromatic nitrogens is 4. The lowest BCUT2D eigenvalue weighted by molar-refractivity contribution is 1.02. The quantitative estimate of drug-likeness (QED) is 0.788. The molecule has 76 valence electrons. The van der Waals surface area contributed by atoms with Gasteiger partial charge in [0.15, 0.2) is 0 Å². The Labute approximate surface area is 91.4 Å². The molecule has 15 heavy (non-hydrogen) atoms. The molecule has 2 rings (SSSR count). The minimum atomic E-state index is 0.788. The van der Waals surface area contributed by atoms with Crippen molar-refractivity contribution < 1.29 is 0 Å². The minimum Gasteiger partial charge on any atom is -0.373 e. The third-order valence-electron chi connectivity index (χ3n) is 1.65. The highest BCUT2D eigenvalue weighted by Crippen LogP contribution is 2.23. The van der Waals surface area contributed by atoms with E-state index in [2.05, 4.69) is 25.3 Å². The molecule has 0 aliphatic rings. The van der Waals surface area contributed by atoms with Crippen LogP contribution < -0.4 is 5.32 Å². The maximum atomic E-state index is 4.15. The van der Waals surface area contributed by atoms with E-state index in [1.807, 2.05) is 13.1 Å². The standard InChI is InChI=1S/C9H9N5S/c1-10-7-4-8(14-6-13-7)15-9-5-11-2-3-12-9/h2-6H,1H3,(H,10,13,14). The molecule has 0 aliphatic heterocycles. The molecule has 0 radical (unpaired) electrons. The molecule has 2 aromatic rings. The lowest BCUT2D eigenvalue weighted by Gasteiger charge is -2.01. The zero-order valence-corrected chi connectivity index (χ0v) is 8.90. The van der Waals surface area contributed by atoms with Gasteiger partial charge in [0.25, 0.3) is 0 Å². The fraction of sp³-hybridized carbons (Fsp3) is 0.111. The van der Waals surface area contributed by atoms with Gasteiger partial charge in [0.05, 0.1) is 6.20 Å². The van der Waals surface area contributed by atoms with E-state index in [4.69, 9.17) is 0 Å². The lowest BCUT2D eigenvalue weighted by Crippen LogP contribution is -1.93. The molecule has 0 unspecified atom stereocenters. The molecule has 2 heterocycles. The lowest BCUT2D eigenvalue weighted by atomic mass is 10.6. The molecule has 0 bridgehead atoms. The van der Waals surface area contributed by atoms with E-state index in [9.17, 15) is 0 Å². The van der Waals surface area contributed by atoms with Crippen LogP contribution >= 0.6 is 11.8 Å². The topological polar surface area (TPSA) is 63.6 Å². The molecule has 6 heteroatoms. The third-order valence-corrected chi connectivity index (χ3v) is 2.50. The highest BCUT2D eigenvalue weighted by Gasteiger charge is 2.01. The maximum absolute atomic E-state index is 4.15. The fourth-order valence-electron chi connectivity index (χ4n) is 0.977. The zero-order chi connectivity index (χ0) is 10.5. The van der Waals surface area contributed by atoms with E-state index in [1.54, 1.807) is 18.6 Å². The van der Waals surface area contributed by atoms with Crippen molar-refractivity contribution in [3.05, 3.63) is 31.0 Å². The van der Waals surface area contributed by atoms with Crippen molar-refractivity contribution in [3.8, 4) is 0 Å². The van der Waals surface area contributed by atoms with Crippen LogP contribution in [0.3, 0.4) is 0 Å². The second-order valence-corrected chi connectivity index (χ2v) is 3.68. The van der Waals surface area contributed by atoms with Gasteiger partial charge >= 0.3 is 0 Å². The number of hydrogen-bond acceptors (Lipinski definition) is 6. The van der Waals surface area contributed by atoms with Crippen LogP contribution in [0.5, 0.6) is 0 Å². The molecule has 0 aromatic carbocycles. The molecule has 0 saturated heterocycles.